The number of ether oxygens (including phenoxy) is 1. The first kappa shape index (κ1) is 46.4. The molecule has 0 unspecified atom stereocenters. The van der Waals surface area contributed by atoms with Crippen LogP contribution in [-0.2, 0) is 26.5 Å². The van der Waals surface area contributed by atoms with Gasteiger partial charge in [0.15, 0.2) is 0 Å². The van der Waals surface area contributed by atoms with Gasteiger partial charge in [-0.3, -0.25) is 4.57 Å². The maximum absolute atomic E-state index is 6.79. The fourth-order valence-electron chi connectivity index (χ4n) is 11.8. The summed E-state index contributed by atoms with van der Waals surface area (Å²) in [6.45, 7) is 6.69. The first-order valence-corrected chi connectivity index (χ1v) is 25.9. The van der Waals surface area contributed by atoms with Crippen LogP contribution in [0.1, 0.15) is 26.3 Å². The summed E-state index contributed by atoms with van der Waals surface area (Å²) in [6.07, 6.45) is 5.86. The van der Waals surface area contributed by atoms with Crippen LogP contribution < -0.4 is 9.30 Å². The molecule has 0 N–H and O–H groups in total. The molecular weight excluding hydrogens is 1120 g/mol. The molecule has 0 atom stereocenters. The maximum Gasteiger partial charge on any atom is 0.268 e. The smallest absolute Gasteiger partial charge is 0.268 e. The summed E-state index contributed by atoms with van der Waals surface area (Å²) in [5.41, 5.74) is 19.4. The molecule has 6 nitrogen and oxygen atoms in total. The van der Waals surface area contributed by atoms with Gasteiger partial charge in [-0.1, -0.05) is 172 Å². The molecule has 1 aliphatic heterocycles. The third kappa shape index (κ3) is 7.42. The molecule has 0 saturated heterocycles. The molecule has 370 valence electrons. The van der Waals surface area contributed by atoms with Crippen molar-refractivity contribution in [2.45, 2.75) is 26.2 Å². The normalized spacial score (nSPS) is 12.0. The number of benzene rings is 10. The minimum Gasteiger partial charge on any atom is -0.510 e. The summed E-state index contributed by atoms with van der Waals surface area (Å²) in [7, 11) is 0. The molecule has 0 aliphatic carbocycles. The minimum atomic E-state index is -0.0445. The number of pyridine rings is 1. The van der Waals surface area contributed by atoms with Crippen LogP contribution in [0.2, 0.25) is 0 Å². The Kier molecular flexibility index (Phi) is 10.9. The summed E-state index contributed by atoms with van der Waals surface area (Å²) in [5, 5.41) is 4.60. The number of aromatic nitrogens is 5. The summed E-state index contributed by atoms with van der Waals surface area (Å²) in [6, 6.07) is 87.6. The van der Waals surface area contributed by atoms with Gasteiger partial charge in [0.25, 0.3) is 6.33 Å². The molecule has 0 spiro atoms. The number of hydrogen-bond acceptors (Lipinski definition) is 2. The van der Waals surface area contributed by atoms with E-state index in [1.807, 2.05) is 24.4 Å². The van der Waals surface area contributed by atoms with E-state index in [4.69, 9.17) is 9.72 Å². The quantitative estimate of drug-likeness (QED) is 0.123. The third-order valence-corrected chi connectivity index (χ3v) is 15.3. The fraction of sp³-hybridized carbons (Fsp3) is 0.0571. The van der Waals surface area contributed by atoms with Crippen molar-refractivity contribution in [3.8, 4) is 78.9 Å². The molecule has 0 fully saturated rings. The van der Waals surface area contributed by atoms with E-state index in [0.29, 0.717) is 11.5 Å². The Morgan fingerprint density at radius 2 is 1.06 bits per heavy atom. The van der Waals surface area contributed by atoms with Gasteiger partial charge in [-0.15, -0.1) is 29.7 Å². The van der Waals surface area contributed by atoms with Gasteiger partial charge in [-0.05, 0) is 115 Å². The molecular formula is C70H47N5OPt-2. The average molecular weight is 1170 g/mol. The molecule has 0 amide bonds. The van der Waals surface area contributed by atoms with Gasteiger partial charge in [0.05, 0.1) is 27.8 Å². The van der Waals surface area contributed by atoms with Crippen molar-refractivity contribution in [3.05, 3.63) is 255 Å². The number of rotatable bonds is 6. The van der Waals surface area contributed by atoms with E-state index in [0.717, 1.165) is 106 Å². The van der Waals surface area contributed by atoms with Crippen LogP contribution in [0, 0.1) is 18.5 Å². The zero-order chi connectivity index (χ0) is 50.6. The topological polar surface area (TPSA) is 40.8 Å². The summed E-state index contributed by atoms with van der Waals surface area (Å²) >= 11 is 0. The first-order valence-electron chi connectivity index (χ1n) is 25.9. The SMILES string of the molecule is CC(C)(C)c1ccnc(-n2c3[c-]c(Oc4[c-]c(-n5[c-][n+]6c7c(cccc75)-c5ccccc5-c5cc7c(cc5-c5cccc(-c8ccccc8)c5-6)c5ccccc5n7-c5ccccc5)ccc4)ccc3c3ccccc32)c1.[Pt]. The predicted molar refractivity (Wildman–Crippen MR) is 308 cm³/mol. The van der Waals surface area contributed by atoms with Gasteiger partial charge in [0, 0.05) is 60.7 Å². The Labute approximate surface area is 460 Å². The number of fused-ring (bicyclic) bond motifs is 13. The molecule has 10 aromatic carbocycles. The van der Waals surface area contributed by atoms with E-state index in [2.05, 4.69) is 264 Å². The van der Waals surface area contributed by atoms with Gasteiger partial charge in [-0.25, -0.2) is 4.98 Å². The van der Waals surface area contributed by atoms with Crippen LogP contribution >= 0.6 is 0 Å². The first-order chi connectivity index (χ1) is 37.3. The second-order valence-electron chi connectivity index (χ2n) is 20.8. The number of hydrogen-bond donors (Lipinski definition) is 0. The van der Waals surface area contributed by atoms with Gasteiger partial charge in [0.1, 0.15) is 5.82 Å². The van der Waals surface area contributed by atoms with E-state index in [-0.39, 0.29) is 26.5 Å². The molecule has 0 bridgehead atoms. The van der Waals surface area contributed by atoms with E-state index < -0.39 is 0 Å². The molecule has 1 aliphatic rings. The van der Waals surface area contributed by atoms with E-state index >= 15 is 0 Å². The van der Waals surface area contributed by atoms with Crippen LogP contribution in [0.3, 0.4) is 0 Å². The Bertz CT molecular complexity index is 4660. The Hall–Kier alpha value is -9.09. The molecule has 4 aromatic heterocycles. The molecule has 15 rings (SSSR count). The van der Waals surface area contributed by atoms with Crippen LogP contribution in [-0.4, -0.2) is 18.7 Å². The van der Waals surface area contributed by atoms with Crippen molar-refractivity contribution in [1.29, 1.82) is 0 Å². The Balaban J connectivity index is 0.00000540. The van der Waals surface area contributed by atoms with Crippen LogP contribution in [0.5, 0.6) is 11.5 Å². The third-order valence-electron chi connectivity index (χ3n) is 15.3. The number of imidazole rings is 1. The van der Waals surface area contributed by atoms with E-state index in [1.165, 1.54) is 21.9 Å². The Morgan fingerprint density at radius 1 is 0.455 bits per heavy atom. The number of nitrogens with zero attached hydrogens (tertiary/aromatic N) is 5. The van der Waals surface area contributed by atoms with Crippen molar-refractivity contribution in [1.82, 2.24) is 18.7 Å². The molecule has 0 radical (unpaired) electrons. The van der Waals surface area contributed by atoms with Crippen molar-refractivity contribution in [3.63, 3.8) is 0 Å². The second-order valence-corrected chi connectivity index (χ2v) is 20.8. The van der Waals surface area contributed by atoms with Gasteiger partial charge in [0.2, 0.25) is 0 Å². The summed E-state index contributed by atoms with van der Waals surface area (Å²) in [5.74, 6) is 1.98. The van der Waals surface area contributed by atoms with Crippen molar-refractivity contribution < 1.29 is 30.4 Å². The van der Waals surface area contributed by atoms with Crippen molar-refractivity contribution in [2.75, 3.05) is 0 Å². The average Bonchev–Trinajstić information content (AvgIpc) is 4.18. The molecule has 14 aromatic rings. The molecule has 0 saturated carbocycles. The van der Waals surface area contributed by atoms with Crippen LogP contribution in [0.4, 0.5) is 0 Å². The standard InChI is InChI=1S/C70H47N5O.Pt/c1-70(2,3)46-37-38-71-67(39-46)75-63-33-15-12-27-54(63)56-36-35-50(41-65(56)75)76-49-24-16-23-48(40-49)72-44-73-68-51(45-19-6-4-7-20-45)29-17-30-58(68)59-42-61-55-28-13-14-32-62(55)74(47-21-8-5-9-22-47)66(61)43-60(59)53-26-11-10-25-52(53)57-31-18-34-64(72)69(57)73;/h4-39,42-43H,1-3H3;/q-2;. The van der Waals surface area contributed by atoms with Gasteiger partial charge in [-0.2, -0.15) is 18.2 Å². The van der Waals surface area contributed by atoms with E-state index in [9.17, 15) is 0 Å². The van der Waals surface area contributed by atoms with Crippen LogP contribution in [0.25, 0.3) is 122 Å². The summed E-state index contributed by atoms with van der Waals surface area (Å²) in [4.78, 5) is 4.90. The zero-order valence-corrected chi connectivity index (χ0v) is 44.7. The molecule has 5 heterocycles. The van der Waals surface area contributed by atoms with Gasteiger partial charge >= 0.3 is 0 Å². The minimum absolute atomic E-state index is 0. The number of para-hydroxylation sites is 5. The van der Waals surface area contributed by atoms with Gasteiger partial charge < -0.3 is 18.4 Å². The Morgan fingerprint density at radius 3 is 1.86 bits per heavy atom. The zero-order valence-electron chi connectivity index (χ0n) is 42.4. The predicted octanol–water partition coefficient (Wildman–Crippen LogP) is 17.0. The van der Waals surface area contributed by atoms with Crippen LogP contribution in [0.15, 0.2) is 231 Å². The van der Waals surface area contributed by atoms with E-state index in [1.54, 1.807) is 0 Å². The second kappa shape index (κ2) is 18.0. The largest absolute Gasteiger partial charge is 0.510 e. The molecule has 7 heteroatoms. The fourth-order valence-corrected chi connectivity index (χ4v) is 11.8. The molecule has 77 heavy (non-hydrogen) atoms. The maximum atomic E-state index is 6.79. The summed E-state index contributed by atoms with van der Waals surface area (Å²) < 4.78 is 15.8. The van der Waals surface area contributed by atoms with Crippen molar-refractivity contribution >= 4 is 54.6 Å². The van der Waals surface area contributed by atoms with Crippen molar-refractivity contribution in [2.24, 2.45) is 0 Å². The monoisotopic (exact) mass is 1170 g/mol.